The van der Waals surface area contributed by atoms with Crippen LogP contribution in [0, 0.1) is 6.92 Å². The number of ether oxygens (including phenoxy) is 1. The topological polar surface area (TPSA) is 99.9 Å². The number of hydrogen-bond donors (Lipinski definition) is 2. The van der Waals surface area contributed by atoms with Crippen LogP contribution in [-0.4, -0.2) is 11.8 Å². The van der Waals surface area contributed by atoms with Gasteiger partial charge in [-0.15, -0.1) is 0 Å². The Morgan fingerprint density at radius 2 is 1.79 bits per heavy atom. The van der Waals surface area contributed by atoms with E-state index in [-0.39, 0.29) is 5.84 Å². The van der Waals surface area contributed by atoms with Crippen LogP contribution in [0.3, 0.4) is 0 Å². The molecule has 3 aromatic carbocycles. The second-order valence-corrected chi connectivity index (χ2v) is 6.75. The fraction of sp³-hybridized carbons (Fsp3) is 0.0909. The van der Waals surface area contributed by atoms with Crippen molar-refractivity contribution < 1.29 is 14.4 Å². The van der Waals surface area contributed by atoms with Crippen LogP contribution in [0.25, 0.3) is 0 Å². The predicted molar refractivity (Wildman–Crippen MR) is 114 cm³/mol. The van der Waals surface area contributed by atoms with Crippen LogP contribution in [0.15, 0.2) is 71.9 Å². The minimum absolute atomic E-state index is 0.0784. The SMILES string of the molecule is Cc1c(N)cccc1/C(N)=N/OC(=O)c1ccc(COc2cccc(Cl)c2)cc1. The fourth-order valence-corrected chi connectivity index (χ4v) is 2.76. The summed E-state index contributed by atoms with van der Waals surface area (Å²) < 4.78 is 5.67. The molecule has 0 saturated carbocycles. The number of anilines is 1. The van der Waals surface area contributed by atoms with Crippen LogP contribution in [-0.2, 0) is 11.4 Å². The van der Waals surface area contributed by atoms with Gasteiger partial charge in [-0.25, -0.2) is 4.79 Å². The van der Waals surface area contributed by atoms with Gasteiger partial charge in [0, 0.05) is 16.3 Å². The Morgan fingerprint density at radius 1 is 1.07 bits per heavy atom. The summed E-state index contributed by atoms with van der Waals surface area (Å²) >= 11 is 5.93. The average molecular weight is 410 g/mol. The fourth-order valence-electron chi connectivity index (χ4n) is 2.58. The molecule has 0 amide bonds. The molecule has 0 aliphatic heterocycles. The number of rotatable bonds is 6. The highest BCUT2D eigenvalue weighted by molar-refractivity contribution is 6.30. The van der Waals surface area contributed by atoms with Crippen LogP contribution in [0.5, 0.6) is 5.75 Å². The quantitative estimate of drug-likeness (QED) is 0.208. The van der Waals surface area contributed by atoms with Gasteiger partial charge in [0.2, 0.25) is 0 Å². The molecule has 0 spiro atoms. The van der Waals surface area contributed by atoms with Crippen LogP contribution < -0.4 is 16.2 Å². The molecule has 148 valence electrons. The smallest absolute Gasteiger partial charge is 0.365 e. The minimum Gasteiger partial charge on any atom is -0.489 e. The van der Waals surface area contributed by atoms with E-state index in [0.717, 1.165) is 11.1 Å². The van der Waals surface area contributed by atoms with E-state index in [1.165, 1.54) is 0 Å². The maximum atomic E-state index is 12.2. The number of oxime groups is 1. The summed E-state index contributed by atoms with van der Waals surface area (Å²) in [6, 6.07) is 19.2. The molecule has 0 aliphatic rings. The third kappa shape index (κ3) is 5.27. The zero-order valence-electron chi connectivity index (χ0n) is 15.8. The van der Waals surface area contributed by atoms with Crippen LogP contribution in [0.1, 0.15) is 27.0 Å². The van der Waals surface area contributed by atoms with E-state index < -0.39 is 5.97 Å². The lowest BCUT2D eigenvalue weighted by Gasteiger charge is -2.08. The summed E-state index contributed by atoms with van der Waals surface area (Å²) in [5.41, 5.74) is 15.0. The molecule has 4 N–H and O–H groups in total. The molecular weight excluding hydrogens is 390 g/mol. The van der Waals surface area contributed by atoms with E-state index in [2.05, 4.69) is 5.16 Å². The number of nitrogen functional groups attached to an aromatic ring is 1. The highest BCUT2D eigenvalue weighted by Gasteiger charge is 2.10. The van der Waals surface area contributed by atoms with Gasteiger partial charge in [0.15, 0.2) is 5.84 Å². The molecular formula is C22H20ClN3O3. The van der Waals surface area contributed by atoms with Gasteiger partial charge in [0.05, 0.1) is 5.56 Å². The summed E-state index contributed by atoms with van der Waals surface area (Å²) in [4.78, 5) is 17.2. The van der Waals surface area contributed by atoms with Gasteiger partial charge in [-0.3, -0.25) is 0 Å². The van der Waals surface area contributed by atoms with Gasteiger partial charge < -0.3 is 21.0 Å². The lowest BCUT2D eigenvalue weighted by atomic mass is 10.1. The standard InChI is InChI=1S/C22H20ClN3O3/c1-14-19(6-3-7-20(14)24)21(25)26-29-22(27)16-10-8-15(9-11-16)13-28-18-5-2-4-17(23)12-18/h2-12H,13,24H2,1H3,(H2,25,26). The highest BCUT2D eigenvalue weighted by Crippen LogP contribution is 2.19. The van der Waals surface area contributed by atoms with Crippen molar-refractivity contribution in [2.24, 2.45) is 10.9 Å². The Hall–Kier alpha value is -3.51. The Bertz CT molecular complexity index is 1050. The van der Waals surface area contributed by atoms with Crippen LogP contribution in [0.4, 0.5) is 5.69 Å². The van der Waals surface area contributed by atoms with Gasteiger partial charge >= 0.3 is 5.97 Å². The molecule has 0 radical (unpaired) electrons. The number of halogens is 1. The van der Waals surface area contributed by atoms with Crippen molar-refractivity contribution in [1.82, 2.24) is 0 Å². The molecule has 6 nitrogen and oxygen atoms in total. The van der Waals surface area contributed by atoms with Crippen molar-refractivity contribution in [3.8, 4) is 5.75 Å². The maximum absolute atomic E-state index is 12.2. The van der Waals surface area contributed by atoms with Gasteiger partial charge in [0.25, 0.3) is 0 Å². The highest BCUT2D eigenvalue weighted by atomic mass is 35.5. The van der Waals surface area contributed by atoms with Gasteiger partial charge in [-0.2, -0.15) is 0 Å². The van der Waals surface area contributed by atoms with Crippen molar-refractivity contribution in [2.75, 3.05) is 5.73 Å². The number of benzene rings is 3. The molecule has 3 aromatic rings. The molecule has 0 atom stereocenters. The maximum Gasteiger partial charge on any atom is 0.365 e. The predicted octanol–water partition coefficient (Wildman–Crippen LogP) is 4.29. The van der Waals surface area contributed by atoms with Crippen molar-refractivity contribution in [3.63, 3.8) is 0 Å². The van der Waals surface area contributed by atoms with E-state index in [1.807, 2.05) is 19.1 Å². The lowest BCUT2D eigenvalue weighted by Crippen LogP contribution is -2.17. The summed E-state index contributed by atoms with van der Waals surface area (Å²) in [5, 5.41) is 4.34. The first-order valence-corrected chi connectivity index (χ1v) is 9.19. The number of amidine groups is 1. The molecule has 0 unspecified atom stereocenters. The zero-order valence-corrected chi connectivity index (χ0v) is 16.5. The largest absolute Gasteiger partial charge is 0.489 e. The molecule has 0 heterocycles. The third-order valence-corrected chi connectivity index (χ3v) is 4.50. The number of carbonyl (C=O) groups is 1. The zero-order chi connectivity index (χ0) is 20.8. The first-order valence-electron chi connectivity index (χ1n) is 8.81. The first kappa shape index (κ1) is 20.2. The second kappa shape index (κ2) is 9.12. The third-order valence-electron chi connectivity index (χ3n) is 4.27. The average Bonchev–Trinajstić information content (AvgIpc) is 2.72. The van der Waals surface area contributed by atoms with Crippen LogP contribution in [0.2, 0.25) is 5.02 Å². The number of carbonyl (C=O) groups excluding carboxylic acids is 1. The molecule has 0 fully saturated rings. The van der Waals surface area contributed by atoms with E-state index in [1.54, 1.807) is 54.6 Å². The Labute approximate surface area is 173 Å². The van der Waals surface area contributed by atoms with Crippen molar-refractivity contribution in [3.05, 3.63) is 94.0 Å². The molecule has 0 bridgehead atoms. The summed E-state index contributed by atoms with van der Waals surface area (Å²) in [6.45, 7) is 2.16. The van der Waals surface area contributed by atoms with E-state index in [0.29, 0.717) is 34.2 Å². The van der Waals surface area contributed by atoms with Crippen molar-refractivity contribution in [2.45, 2.75) is 13.5 Å². The lowest BCUT2D eigenvalue weighted by molar-refractivity contribution is 0.0516. The summed E-state index contributed by atoms with van der Waals surface area (Å²) in [7, 11) is 0. The Kier molecular flexibility index (Phi) is 6.36. The number of hydrogen-bond acceptors (Lipinski definition) is 5. The van der Waals surface area contributed by atoms with Gasteiger partial charge in [-0.1, -0.05) is 47.1 Å². The minimum atomic E-state index is -0.614. The molecule has 0 aliphatic carbocycles. The van der Waals surface area contributed by atoms with Gasteiger partial charge in [-0.05, 0) is 54.4 Å². The van der Waals surface area contributed by atoms with Crippen molar-refractivity contribution >= 4 is 29.1 Å². The van der Waals surface area contributed by atoms with Crippen LogP contribution >= 0.6 is 11.6 Å². The molecule has 29 heavy (non-hydrogen) atoms. The Balaban J connectivity index is 1.60. The van der Waals surface area contributed by atoms with E-state index in [4.69, 9.17) is 32.6 Å². The monoisotopic (exact) mass is 409 g/mol. The Morgan fingerprint density at radius 3 is 2.52 bits per heavy atom. The summed E-state index contributed by atoms with van der Waals surface area (Å²) in [6.07, 6.45) is 0. The van der Waals surface area contributed by atoms with E-state index in [9.17, 15) is 4.79 Å². The first-order chi connectivity index (χ1) is 13.9. The molecule has 0 saturated heterocycles. The number of nitrogens with zero attached hydrogens (tertiary/aromatic N) is 1. The molecule has 7 heteroatoms. The van der Waals surface area contributed by atoms with Crippen molar-refractivity contribution in [1.29, 1.82) is 0 Å². The normalized spacial score (nSPS) is 11.2. The molecule has 0 aromatic heterocycles. The summed E-state index contributed by atoms with van der Waals surface area (Å²) in [5.74, 6) is 0.133. The second-order valence-electron chi connectivity index (χ2n) is 6.32. The molecule has 3 rings (SSSR count). The van der Waals surface area contributed by atoms with E-state index >= 15 is 0 Å². The van der Waals surface area contributed by atoms with Gasteiger partial charge in [0.1, 0.15) is 12.4 Å². The number of nitrogens with two attached hydrogens (primary N) is 2.